The molecule has 0 aliphatic rings. The van der Waals surface area contributed by atoms with Crippen molar-refractivity contribution >= 4 is 17.5 Å². The number of hydrogen-bond acceptors (Lipinski definition) is 6. The fraction of sp³-hybridized carbons (Fsp3) is 0.304. The number of nitrogens with zero attached hydrogens (tertiary/aromatic N) is 3. The van der Waals surface area contributed by atoms with Crippen molar-refractivity contribution in [3.63, 3.8) is 0 Å². The summed E-state index contributed by atoms with van der Waals surface area (Å²) < 4.78 is 1.42. The second-order valence-corrected chi connectivity index (χ2v) is 7.63. The number of pyridine rings is 1. The number of nitrogen functional groups attached to an aromatic ring is 1. The normalized spacial score (nSPS) is 11.7. The number of hydrogen-bond donors (Lipinski definition) is 3. The van der Waals surface area contributed by atoms with Crippen LogP contribution in [-0.2, 0) is 24.3 Å². The number of nitrogens with one attached hydrogen (secondary N) is 2. The Balaban J connectivity index is 1.65. The van der Waals surface area contributed by atoms with Crippen LogP contribution in [0.5, 0.6) is 0 Å². The fourth-order valence-electron chi connectivity index (χ4n) is 3.31. The lowest BCUT2D eigenvalue weighted by Gasteiger charge is -2.16. The Morgan fingerprint density at radius 2 is 1.90 bits per heavy atom. The molecular formula is C23H28N6O2. The van der Waals surface area contributed by atoms with Crippen molar-refractivity contribution in [1.82, 2.24) is 19.9 Å². The van der Waals surface area contributed by atoms with E-state index in [-0.39, 0.29) is 29.9 Å². The number of carbonyl (C=O) groups is 1. The molecule has 1 aromatic carbocycles. The molecule has 0 bridgehead atoms. The van der Waals surface area contributed by atoms with Gasteiger partial charge < -0.3 is 16.4 Å². The van der Waals surface area contributed by atoms with E-state index in [2.05, 4.69) is 20.6 Å². The number of rotatable bonds is 8. The van der Waals surface area contributed by atoms with Gasteiger partial charge in [-0.3, -0.25) is 14.2 Å². The first-order chi connectivity index (χ1) is 14.8. The fourth-order valence-corrected chi connectivity index (χ4v) is 3.31. The minimum atomic E-state index is -0.319. The molecule has 0 unspecified atom stereocenters. The van der Waals surface area contributed by atoms with Crippen molar-refractivity contribution in [2.24, 2.45) is 0 Å². The number of nitrogens with two attached hydrogens (primary N) is 1. The van der Waals surface area contributed by atoms with Gasteiger partial charge in [-0.25, -0.2) is 9.97 Å². The maximum absolute atomic E-state index is 12.9. The summed E-state index contributed by atoms with van der Waals surface area (Å²) in [5, 5.41) is 6.01. The third-order valence-corrected chi connectivity index (χ3v) is 5.02. The highest BCUT2D eigenvalue weighted by molar-refractivity contribution is 5.75. The highest BCUT2D eigenvalue weighted by Gasteiger charge is 2.14. The molecule has 1 atom stereocenters. The molecule has 3 aromatic rings. The van der Waals surface area contributed by atoms with E-state index < -0.39 is 0 Å². The minimum Gasteiger partial charge on any atom is -0.384 e. The first-order valence-corrected chi connectivity index (χ1v) is 10.2. The SMILES string of the molecule is Cc1nc(N)ccc1CNC(=O)Cn1c(C)cnc(N[C@H](C)Cc2ccccc2)c1=O. The monoisotopic (exact) mass is 420 g/mol. The molecule has 31 heavy (non-hydrogen) atoms. The van der Waals surface area contributed by atoms with E-state index in [0.29, 0.717) is 18.1 Å². The lowest BCUT2D eigenvalue weighted by molar-refractivity contribution is -0.121. The van der Waals surface area contributed by atoms with Gasteiger partial charge in [0.15, 0.2) is 5.82 Å². The largest absolute Gasteiger partial charge is 0.384 e. The molecule has 0 fully saturated rings. The second-order valence-electron chi connectivity index (χ2n) is 7.63. The summed E-state index contributed by atoms with van der Waals surface area (Å²) in [5.41, 5.74) is 8.76. The molecule has 0 saturated heterocycles. The summed E-state index contributed by atoms with van der Waals surface area (Å²) in [6.45, 7) is 5.82. The molecule has 1 amide bonds. The minimum absolute atomic E-state index is 0.00794. The van der Waals surface area contributed by atoms with Gasteiger partial charge in [0.25, 0.3) is 5.56 Å². The van der Waals surface area contributed by atoms with Gasteiger partial charge in [-0.2, -0.15) is 0 Å². The molecule has 0 saturated carbocycles. The Morgan fingerprint density at radius 1 is 1.16 bits per heavy atom. The van der Waals surface area contributed by atoms with Gasteiger partial charge in [0, 0.05) is 30.2 Å². The van der Waals surface area contributed by atoms with Gasteiger partial charge in [-0.05, 0) is 44.4 Å². The summed E-state index contributed by atoms with van der Waals surface area (Å²) in [6, 6.07) is 13.6. The van der Waals surface area contributed by atoms with Crippen molar-refractivity contribution in [2.75, 3.05) is 11.1 Å². The van der Waals surface area contributed by atoms with E-state index in [1.54, 1.807) is 19.2 Å². The highest BCUT2D eigenvalue weighted by atomic mass is 16.2. The van der Waals surface area contributed by atoms with Gasteiger partial charge in [-0.15, -0.1) is 0 Å². The zero-order valence-electron chi connectivity index (χ0n) is 18.1. The van der Waals surface area contributed by atoms with Gasteiger partial charge >= 0.3 is 0 Å². The van der Waals surface area contributed by atoms with Crippen LogP contribution in [0, 0.1) is 13.8 Å². The smallest absolute Gasteiger partial charge is 0.293 e. The summed E-state index contributed by atoms with van der Waals surface area (Å²) in [6.07, 6.45) is 2.35. The Hall–Kier alpha value is -3.68. The molecule has 0 spiro atoms. The molecule has 4 N–H and O–H groups in total. The molecule has 2 heterocycles. The number of benzene rings is 1. The third-order valence-electron chi connectivity index (χ3n) is 5.02. The molecule has 2 aromatic heterocycles. The van der Waals surface area contributed by atoms with Crippen LogP contribution < -0.4 is 21.9 Å². The molecule has 8 nitrogen and oxygen atoms in total. The number of amides is 1. The first kappa shape index (κ1) is 22.0. The van der Waals surface area contributed by atoms with Gasteiger partial charge in [-0.1, -0.05) is 36.4 Å². The summed E-state index contributed by atoms with van der Waals surface area (Å²) in [4.78, 5) is 33.8. The number of aryl methyl sites for hydroxylation is 2. The van der Waals surface area contributed by atoms with Crippen LogP contribution >= 0.6 is 0 Å². The van der Waals surface area contributed by atoms with Crippen LogP contribution in [0.25, 0.3) is 0 Å². The van der Waals surface area contributed by atoms with Crippen LogP contribution in [0.1, 0.15) is 29.4 Å². The molecule has 0 aliphatic carbocycles. The van der Waals surface area contributed by atoms with E-state index in [0.717, 1.165) is 17.7 Å². The van der Waals surface area contributed by atoms with E-state index in [1.807, 2.05) is 50.2 Å². The summed E-state index contributed by atoms with van der Waals surface area (Å²) in [7, 11) is 0. The molecule has 0 aliphatic heterocycles. The maximum atomic E-state index is 12.9. The van der Waals surface area contributed by atoms with Crippen molar-refractivity contribution in [3.8, 4) is 0 Å². The molecule has 3 rings (SSSR count). The van der Waals surface area contributed by atoms with Gasteiger partial charge in [0.05, 0.1) is 0 Å². The second kappa shape index (κ2) is 9.88. The number of carbonyl (C=O) groups excluding carboxylic acids is 1. The van der Waals surface area contributed by atoms with Gasteiger partial charge in [0.1, 0.15) is 12.4 Å². The quantitative estimate of drug-likeness (QED) is 0.515. The average molecular weight is 421 g/mol. The number of aromatic nitrogens is 3. The zero-order chi connectivity index (χ0) is 22.4. The van der Waals surface area contributed by atoms with E-state index in [1.165, 1.54) is 10.1 Å². The zero-order valence-corrected chi connectivity index (χ0v) is 18.1. The lowest BCUT2D eigenvalue weighted by Crippen LogP contribution is -2.35. The molecular weight excluding hydrogens is 392 g/mol. The van der Waals surface area contributed by atoms with Crippen LogP contribution in [0.2, 0.25) is 0 Å². The Bertz CT molecular complexity index is 1110. The summed E-state index contributed by atoms with van der Waals surface area (Å²) in [5.74, 6) is 0.407. The predicted molar refractivity (Wildman–Crippen MR) is 122 cm³/mol. The molecule has 162 valence electrons. The van der Waals surface area contributed by atoms with Gasteiger partial charge in [0.2, 0.25) is 5.91 Å². The Morgan fingerprint density at radius 3 is 2.61 bits per heavy atom. The Kier molecular flexibility index (Phi) is 7.02. The molecule has 8 heteroatoms. The highest BCUT2D eigenvalue weighted by Crippen LogP contribution is 2.09. The van der Waals surface area contributed by atoms with E-state index in [9.17, 15) is 9.59 Å². The van der Waals surface area contributed by atoms with E-state index in [4.69, 9.17) is 5.73 Å². The van der Waals surface area contributed by atoms with Crippen molar-refractivity contribution in [1.29, 1.82) is 0 Å². The molecule has 0 radical (unpaired) electrons. The third kappa shape index (κ3) is 5.91. The topological polar surface area (TPSA) is 115 Å². The number of anilines is 2. The predicted octanol–water partition coefficient (Wildman–Crippen LogP) is 2.20. The van der Waals surface area contributed by atoms with Crippen molar-refractivity contribution < 1.29 is 4.79 Å². The maximum Gasteiger partial charge on any atom is 0.293 e. The first-order valence-electron chi connectivity index (χ1n) is 10.2. The van der Waals surface area contributed by atoms with E-state index >= 15 is 0 Å². The Labute approximate surface area is 181 Å². The van der Waals surface area contributed by atoms with Crippen LogP contribution in [0.15, 0.2) is 53.5 Å². The van der Waals surface area contributed by atoms with Crippen LogP contribution in [-0.4, -0.2) is 26.5 Å². The van der Waals surface area contributed by atoms with Crippen LogP contribution in [0.4, 0.5) is 11.6 Å². The average Bonchev–Trinajstić information content (AvgIpc) is 2.73. The lowest BCUT2D eigenvalue weighted by atomic mass is 10.1. The van der Waals surface area contributed by atoms with Crippen molar-refractivity contribution in [3.05, 3.63) is 81.5 Å². The van der Waals surface area contributed by atoms with Crippen LogP contribution in [0.3, 0.4) is 0 Å². The summed E-state index contributed by atoms with van der Waals surface area (Å²) >= 11 is 0. The standard InChI is InChI=1S/C23H28N6O2/c1-15(11-18-7-5-4-6-8-18)27-22-23(31)29(16(2)12-26-22)14-21(30)25-13-19-9-10-20(24)28-17(19)3/h4-10,12,15H,11,13-14H2,1-3H3,(H2,24,28)(H,25,30)(H,26,27)/t15-/m1/s1. The van der Waals surface area contributed by atoms with Crippen molar-refractivity contribution in [2.45, 2.75) is 46.3 Å².